The van der Waals surface area contributed by atoms with E-state index >= 15 is 0 Å². The Bertz CT molecular complexity index is 265. The van der Waals surface area contributed by atoms with Crippen LogP contribution in [-0.2, 0) is 19.1 Å². The summed E-state index contributed by atoms with van der Waals surface area (Å²) < 4.78 is 9.09. The number of esters is 2. The Kier molecular flexibility index (Phi) is 12.0. The minimum atomic E-state index is -0.544. The SMILES string of the molecule is COC(=O)[C@H](N)CSCCCCSC[C@@H](N)C(=O)OC. The van der Waals surface area contributed by atoms with E-state index in [-0.39, 0.29) is 11.9 Å². The zero-order valence-electron chi connectivity index (χ0n) is 12.0. The molecule has 0 radical (unpaired) electrons. The molecule has 2 atom stereocenters. The van der Waals surface area contributed by atoms with Crippen molar-refractivity contribution >= 4 is 35.5 Å². The summed E-state index contributed by atoms with van der Waals surface area (Å²) in [7, 11) is 2.67. The molecule has 0 fully saturated rings. The number of carbonyl (C=O) groups is 2. The minimum absolute atomic E-state index is 0.371. The Hall–Kier alpha value is -0.440. The van der Waals surface area contributed by atoms with Gasteiger partial charge in [-0.05, 0) is 24.3 Å². The molecule has 0 heterocycles. The second kappa shape index (κ2) is 12.3. The predicted molar refractivity (Wildman–Crippen MR) is 83.9 cm³/mol. The van der Waals surface area contributed by atoms with Gasteiger partial charge in [0.15, 0.2) is 0 Å². The third-order valence-electron chi connectivity index (χ3n) is 2.43. The van der Waals surface area contributed by atoms with Crippen molar-refractivity contribution in [1.29, 1.82) is 0 Å². The van der Waals surface area contributed by atoms with Crippen molar-refractivity contribution in [2.24, 2.45) is 11.5 Å². The van der Waals surface area contributed by atoms with Gasteiger partial charge in [-0.25, -0.2) is 0 Å². The molecule has 8 heteroatoms. The summed E-state index contributed by atoms with van der Waals surface area (Å²) in [6.45, 7) is 0. The monoisotopic (exact) mass is 324 g/mol. The number of ether oxygens (including phenoxy) is 2. The first-order valence-corrected chi connectivity index (χ1v) is 8.66. The molecule has 0 aromatic carbocycles. The van der Waals surface area contributed by atoms with Crippen molar-refractivity contribution in [2.45, 2.75) is 24.9 Å². The van der Waals surface area contributed by atoms with Gasteiger partial charge in [-0.1, -0.05) is 0 Å². The Morgan fingerprint density at radius 1 is 0.900 bits per heavy atom. The van der Waals surface area contributed by atoms with Gasteiger partial charge in [0.1, 0.15) is 12.1 Å². The zero-order chi connectivity index (χ0) is 15.4. The third-order valence-corrected chi connectivity index (χ3v) is 4.77. The summed E-state index contributed by atoms with van der Waals surface area (Å²) in [5.74, 6) is 2.32. The lowest BCUT2D eigenvalue weighted by Gasteiger charge is -2.09. The average Bonchev–Trinajstić information content (AvgIpc) is 2.47. The molecule has 4 N–H and O–H groups in total. The highest BCUT2D eigenvalue weighted by molar-refractivity contribution is 7.99. The average molecular weight is 324 g/mol. The Morgan fingerprint density at radius 3 is 1.55 bits per heavy atom. The highest BCUT2D eigenvalue weighted by Crippen LogP contribution is 2.11. The summed E-state index contributed by atoms with van der Waals surface area (Å²) in [5.41, 5.74) is 11.2. The number of hydrogen-bond donors (Lipinski definition) is 2. The van der Waals surface area contributed by atoms with E-state index in [4.69, 9.17) is 11.5 Å². The highest BCUT2D eigenvalue weighted by Gasteiger charge is 2.13. The van der Waals surface area contributed by atoms with Crippen LogP contribution in [0.3, 0.4) is 0 Å². The molecule has 0 amide bonds. The van der Waals surface area contributed by atoms with Gasteiger partial charge in [-0.15, -0.1) is 0 Å². The lowest BCUT2D eigenvalue weighted by molar-refractivity contribution is -0.142. The number of thioether (sulfide) groups is 2. The third kappa shape index (κ3) is 9.46. The molecule has 0 aliphatic carbocycles. The number of hydrogen-bond acceptors (Lipinski definition) is 8. The summed E-state index contributed by atoms with van der Waals surface area (Å²) >= 11 is 3.29. The largest absolute Gasteiger partial charge is 0.468 e. The van der Waals surface area contributed by atoms with E-state index in [9.17, 15) is 9.59 Å². The van der Waals surface area contributed by atoms with Crippen LogP contribution >= 0.6 is 23.5 Å². The fourth-order valence-corrected chi connectivity index (χ4v) is 3.20. The maximum atomic E-state index is 11.0. The number of unbranched alkanes of at least 4 members (excludes halogenated alkanes) is 1. The zero-order valence-corrected chi connectivity index (χ0v) is 13.6. The number of rotatable bonds is 11. The van der Waals surface area contributed by atoms with Crippen LogP contribution in [0, 0.1) is 0 Å². The van der Waals surface area contributed by atoms with Gasteiger partial charge in [0.2, 0.25) is 0 Å². The van der Waals surface area contributed by atoms with Crippen LogP contribution in [0.25, 0.3) is 0 Å². The fourth-order valence-electron chi connectivity index (χ4n) is 1.27. The molecule has 0 saturated heterocycles. The molecule has 20 heavy (non-hydrogen) atoms. The van der Waals surface area contributed by atoms with Crippen LogP contribution in [0.2, 0.25) is 0 Å². The molecule has 0 saturated carbocycles. The Balaban J connectivity index is 3.37. The van der Waals surface area contributed by atoms with Crippen molar-refractivity contribution in [2.75, 3.05) is 37.2 Å². The quantitative estimate of drug-likeness (QED) is 0.411. The van der Waals surface area contributed by atoms with Crippen LogP contribution in [0.1, 0.15) is 12.8 Å². The molecule has 0 aromatic rings. The molecular weight excluding hydrogens is 300 g/mol. The summed E-state index contributed by atoms with van der Waals surface area (Å²) in [5, 5.41) is 0. The molecule has 0 spiro atoms. The number of nitrogens with two attached hydrogens (primary N) is 2. The van der Waals surface area contributed by atoms with Gasteiger partial charge < -0.3 is 20.9 Å². The van der Waals surface area contributed by atoms with Gasteiger partial charge in [-0.2, -0.15) is 23.5 Å². The van der Waals surface area contributed by atoms with E-state index < -0.39 is 12.1 Å². The number of methoxy groups -OCH3 is 2. The Morgan fingerprint density at radius 2 is 1.25 bits per heavy atom. The van der Waals surface area contributed by atoms with Crippen LogP contribution in [0.5, 0.6) is 0 Å². The van der Waals surface area contributed by atoms with E-state index in [1.165, 1.54) is 14.2 Å². The van der Waals surface area contributed by atoms with Crippen LogP contribution < -0.4 is 11.5 Å². The van der Waals surface area contributed by atoms with Crippen molar-refractivity contribution in [3.63, 3.8) is 0 Å². The van der Waals surface area contributed by atoms with Crippen molar-refractivity contribution in [3.05, 3.63) is 0 Å². The second-order valence-corrected chi connectivity index (χ2v) is 6.42. The van der Waals surface area contributed by atoms with E-state index in [1.807, 2.05) is 0 Å². The van der Waals surface area contributed by atoms with Crippen molar-refractivity contribution in [1.82, 2.24) is 0 Å². The minimum Gasteiger partial charge on any atom is -0.468 e. The van der Waals surface area contributed by atoms with Gasteiger partial charge in [0, 0.05) is 11.5 Å². The lowest BCUT2D eigenvalue weighted by atomic mass is 10.4. The van der Waals surface area contributed by atoms with Gasteiger partial charge in [-0.3, -0.25) is 9.59 Å². The Labute approximate surface area is 128 Å². The maximum Gasteiger partial charge on any atom is 0.323 e. The molecule has 6 nitrogen and oxygen atoms in total. The molecule has 118 valence electrons. The normalized spacial score (nSPS) is 13.6. The van der Waals surface area contributed by atoms with E-state index in [1.54, 1.807) is 23.5 Å². The van der Waals surface area contributed by atoms with E-state index in [0.717, 1.165) is 24.3 Å². The topological polar surface area (TPSA) is 105 Å². The summed E-state index contributed by atoms with van der Waals surface area (Å²) in [6.07, 6.45) is 2.08. The van der Waals surface area contributed by atoms with Crippen molar-refractivity contribution < 1.29 is 19.1 Å². The first kappa shape index (κ1) is 19.6. The molecule has 0 aromatic heterocycles. The van der Waals surface area contributed by atoms with Gasteiger partial charge in [0.05, 0.1) is 14.2 Å². The molecule has 0 aliphatic rings. The van der Waals surface area contributed by atoms with E-state index in [0.29, 0.717) is 11.5 Å². The first-order valence-electron chi connectivity index (χ1n) is 6.35. The lowest BCUT2D eigenvalue weighted by Crippen LogP contribution is -2.34. The molecule has 0 aliphatic heterocycles. The van der Waals surface area contributed by atoms with Crippen molar-refractivity contribution in [3.8, 4) is 0 Å². The molecule has 0 rings (SSSR count). The molecule has 0 unspecified atom stereocenters. The maximum absolute atomic E-state index is 11.0. The van der Waals surface area contributed by atoms with Crippen LogP contribution in [0.4, 0.5) is 0 Å². The summed E-state index contributed by atoms with van der Waals surface area (Å²) in [4.78, 5) is 22.1. The standard InChI is InChI=1S/C12H24N2O4S2/c1-17-11(15)9(13)7-19-5-3-4-6-20-8-10(14)12(16)18-2/h9-10H,3-8,13-14H2,1-2H3/t9-,10-/m1/s1. The fraction of sp³-hybridized carbons (Fsp3) is 0.833. The summed E-state index contributed by atoms with van der Waals surface area (Å²) in [6, 6.07) is -1.09. The highest BCUT2D eigenvalue weighted by atomic mass is 32.2. The number of carbonyl (C=O) groups excluding carboxylic acids is 2. The first-order chi connectivity index (χ1) is 9.52. The van der Waals surface area contributed by atoms with Crippen LogP contribution in [0.15, 0.2) is 0 Å². The van der Waals surface area contributed by atoms with E-state index in [2.05, 4.69) is 9.47 Å². The smallest absolute Gasteiger partial charge is 0.323 e. The van der Waals surface area contributed by atoms with Crippen LogP contribution in [-0.4, -0.2) is 61.3 Å². The molecule has 0 bridgehead atoms. The second-order valence-electron chi connectivity index (χ2n) is 4.12. The van der Waals surface area contributed by atoms with Gasteiger partial charge >= 0.3 is 11.9 Å². The van der Waals surface area contributed by atoms with Gasteiger partial charge in [0.25, 0.3) is 0 Å². The molecular formula is C12H24N2O4S2. The predicted octanol–water partition coefficient (Wildman–Crippen LogP) is 0.234.